The summed E-state index contributed by atoms with van der Waals surface area (Å²) in [6.07, 6.45) is 0.419. The van der Waals surface area contributed by atoms with Gasteiger partial charge in [-0.15, -0.1) is 0 Å². The van der Waals surface area contributed by atoms with E-state index in [4.69, 9.17) is 17.3 Å². The van der Waals surface area contributed by atoms with Crippen LogP contribution in [-0.4, -0.2) is 23.9 Å². The number of nitrogens with one attached hydrogen (secondary N) is 2. The highest BCUT2D eigenvalue weighted by Gasteiger charge is 2.29. The van der Waals surface area contributed by atoms with Crippen molar-refractivity contribution in [3.8, 4) is 0 Å². The van der Waals surface area contributed by atoms with Crippen molar-refractivity contribution in [3.63, 3.8) is 0 Å². The third-order valence-corrected chi connectivity index (χ3v) is 4.52. The average Bonchev–Trinajstić information content (AvgIpc) is 2.47. The molecule has 1 atom stereocenters. The van der Waals surface area contributed by atoms with Crippen LogP contribution in [0.5, 0.6) is 0 Å². The van der Waals surface area contributed by atoms with Gasteiger partial charge in [-0.1, -0.05) is 39.3 Å². The molecule has 0 heterocycles. The molecule has 5 nitrogen and oxygen atoms in total. The number of nitrogens with two attached hydrogens (primary N) is 1. The van der Waals surface area contributed by atoms with Crippen molar-refractivity contribution >= 4 is 29.1 Å². The maximum Gasteiger partial charge on any atom is 0.253 e. The van der Waals surface area contributed by atoms with Crippen molar-refractivity contribution in [1.82, 2.24) is 5.32 Å². The molecule has 0 aliphatic carbocycles. The Morgan fingerprint density at radius 2 is 1.88 bits per heavy atom. The van der Waals surface area contributed by atoms with Crippen molar-refractivity contribution in [2.75, 3.05) is 11.9 Å². The second kappa shape index (κ2) is 8.49. The highest BCUT2D eigenvalue weighted by molar-refractivity contribution is 6.34. The molecule has 0 spiro atoms. The molecule has 2 amide bonds. The molecule has 24 heavy (non-hydrogen) atoms. The normalized spacial score (nSPS) is 13.7. The summed E-state index contributed by atoms with van der Waals surface area (Å²) in [4.78, 5) is 24.5. The van der Waals surface area contributed by atoms with E-state index in [1.165, 1.54) is 0 Å². The Morgan fingerprint density at radius 1 is 1.25 bits per heavy atom. The summed E-state index contributed by atoms with van der Waals surface area (Å²) in [6.45, 7) is 10.2. The molecule has 0 saturated carbocycles. The molecule has 4 N–H and O–H groups in total. The van der Waals surface area contributed by atoms with Crippen molar-refractivity contribution < 1.29 is 9.59 Å². The zero-order valence-electron chi connectivity index (χ0n) is 15.1. The first-order chi connectivity index (χ1) is 11.1. The van der Waals surface area contributed by atoms with Crippen LogP contribution in [0.4, 0.5) is 5.69 Å². The van der Waals surface area contributed by atoms with Gasteiger partial charge >= 0.3 is 0 Å². The van der Waals surface area contributed by atoms with Crippen LogP contribution in [0, 0.1) is 11.8 Å². The highest BCUT2D eigenvalue weighted by atomic mass is 35.5. The molecule has 6 heteroatoms. The molecule has 0 radical (unpaired) electrons. The van der Waals surface area contributed by atoms with Gasteiger partial charge in [0, 0.05) is 18.7 Å². The Hall–Kier alpha value is -1.59. The molecule has 0 aliphatic heterocycles. The maximum absolute atomic E-state index is 12.6. The van der Waals surface area contributed by atoms with Gasteiger partial charge in [-0.25, -0.2) is 0 Å². The van der Waals surface area contributed by atoms with Gasteiger partial charge in [0.1, 0.15) is 0 Å². The van der Waals surface area contributed by atoms with Gasteiger partial charge in [0.2, 0.25) is 5.91 Å². The number of hydrogen-bond acceptors (Lipinski definition) is 3. The molecule has 0 aromatic heterocycles. The number of hydrogen-bond donors (Lipinski definition) is 3. The smallest absolute Gasteiger partial charge is 0.253 e. The van der Waals surface area contributed by atoms with Gasteiger partial charge in [0.15, 0.2) is 0 Å². The number of rotatable bonds is 7. The number of carbonyl (C=O) groups excluding carboxylic acids is 2. The second-order valence-electron chi connectivity index (χ2n) is 7.07. The van der Waals surface area contributed by atoms with Gasteiger partial charge in [-0.3, -0.25) is 9.59 Å². The molecule has 1 aromatic carbocycles. The average molecular weight is 354 g/mol. The van der Waals surface area contributed by atoms with E-state index in [2.05, 4.69) is 10.6 Å². The van der Waals surface area contributed by atoms with Crippen LogP contribution in [0.25, 0.3) is 0 Å². The number of benzene rings is 1. The Balaban J connectivity index is 2.97. The molecular formula is C18H28ClN3O2. The Kier molecular flexibility index (Phi) is 7.24. The van der Waals surface area contributed by atoms with E-state index in [1.54, 1.807) is 18.2 Å². The van der Waals surface area contributed by atoms with E-state index in [-0.39, 0.29) is 23.7 Å². The molecule has 0 aliphatic rings. The van der Waals surface area contributed by atoms with Crippen LogP contribution in [0.1, 0.15) is 51.4 Å². The summed E-state index contributed by atoms with van der Waals surface area (Å²) in [7, 11) is 0. The molecule has 1 rings (SSSR count). The monoisotopic (exact) mass is 353 g/mol. The summed E-state index contributed by atoms with van der Waals surface area (Å²) in [5.41, 5.74) is 6.15. The minimum Gasteiger partial charge on any atom is -0.345 e. The topological polar surface area (TPSA) is 84.2 Å². The summed E-state index contributed by atoms with van der Waals surface area (Å²) in [5.74, 6) is 0.0322. The van der Waals surface area contributed by atoms with Gasteiger partial charge in [-0.2, -0.15) is 0 Å². The Morgan fingerprint density at radius 3 is 2.38 bits per heavy atom. The number of carbonyl (C=O) groups is 2. The lowest BCUT2D eigenvalue weighted by atomic mass is 9.88. The lowest BCUT2D eigenvalue weighted by Crippen LogP contribution is -2.55. The van der Waals surface area contributed by atoms with Crippen molar-refractivity contribution in [2.45, 2.75) is 46.6 Å². The third kappa shape index (κ3) is 5.49. The van der Waals surface area contributed by atoms with E-state index in [0.29, 0.717) is 29.2 Å². The van der Waals surface area contributed by atoms with Gasteiger partial charge in [0.05, 0.1) is 16.1 Å². The molecule has 0 fully saturated rings. The molecule has 0 saturated heterocycles. The Bertz CT molecular complexity index is 602. The van der Waals surface area contributed by atoms with Crippen LogP contribution in [0.2, 0.25) is 5.02 Å². The third-order valence-electron chi connectivity index (χ3n) is 4.19. The Labute approximate surface area is 149 Å². The molecule has 1 unspecified atom stereocenters. The van der Waals surface area contributed by atoms with E-state index < -0.39 is 5.54 Å². The van der Waals surface area contributed by atoms with Gasteiger partial charge in [0.25, 0.3) is 5.91 Å². The fraction of sp³-hybridized carbons (Fsp3) is 0.556. The van der Waals surface area contributed by atoms with Crippen LogP contribution in [0.3, 0.4) is 0 Å². The number of amides is 2. The summed E-state index contributed by atoms with van der Waals surface area (Å²) in [5, 5.41) is 6.08. The van der Waals surface area contributed by atoms with Crippen LogP contribution in [-0.2, 0) is 4.79 Å². The van der Waals surface area contributed by atoms with Gasteiger partial charge in [-0.05, 0) is 37.0 Å². The first-order valence-electron chi connectivity index (χ1n) is 8.21. The fourth-order valence-corrected chi connectivity index (χ4v) is 2.32. The summed E-state index contributed by atoms with van der Waals surface area (Å²) in [6, 6.07) is 4.88. The number of halogens is 1. The predicted octanol–water partition coefficient (Wildman–Crippen LogP) is 3.43. The van der Waals surface area contributed by atoms with Crippen LogP contribution < -0.4 is 16.4 Å². The highest BCUT2D eigenvalue weighted by Crippen LogP contribution is 2.23. The molecule has 1 aromatic rings. The fourth-order valence-electron chi connectivity index (χ4n) is 2.12. The van der Waals surface area contributed by atoms with Crippen LogP contribution >= 0.6 is 11.6 Å². The second-order valence-corrected chi connectivity index (χ2v) is 7.48. The first kappa shape index (κ1) is 20.5. The van der Waals surface area contributed by atoms with E-state index in [0.717, 1.165) is 0 Å². The van der Waals surface area contributed by atoms with Gasteiger partial charge < -0.3 is 16.4 Å². The van der Waals surface area contributed by atoms with E-state index in [1.807, 2.05) is 34.6 Å². The first-order valence-corrected chi connectivity index (χ1v) is 8.58. The minimum atomic E-state index is -0.530. The van der Waals surface area contributed by atoms with E-state index in [9.17, 15) is 9.59 Å². The standard InChI is InChI=1S/C18H28ClN3O2/c1-11(2)8-16(23)21-13-6-7-15(19)14(9-13)17(24)22-18(5,10-20)12(3)4/h6-7,9,11-12H,8,10,20H2,1-5H3,(H,21,23)(H,22,24). The van der Waals surface area contributed by atoms with Crippen molar-refractivity contribution in [2.24, 2.45) is 17.6 Å². The zero-order valence-corrected chi connectivity index (χ0v) is 15.8. The predicted molar refractivity (Wildman–Crippen MR) is 99.3 cm³/mol. The maximum atomic E-state index is 12.6. The van der Waals surface area contributed by atoms with Crippen molar-refractivity contribution in [1.29, 1.82) is 0 Å². The largest absolute Gasteiger partial charge is 0.345 e. The molecule has 134 valence electrons. The SMILES string of the molecule is CC(C)CC(=O)Nc1ccc(Cl)c(C(=O)NC(C)(CN)C(C)C)c1. The lowest BCUT2D eigenvalue weighted by Gasteiger charge is -2.33. The van der Waals surface area contributed by atoms with E-state index >= 15 is 0 Å². The number of anilines is 1. The lowest BCUT2D eigenvalue weighted by molar-refractivity contribution is -0.116. The minimum absolute atomic E-state index is 0.0901. The summed E-state index contributed by atoms with van der Waals surface area (Å²) >= 11 is 6.16. The quantitative estimate of drug-likeness (QED) is 0.702. The summed E-state index contributed by atoms with van der Waals surface area (Å²) < 4.78 is 0. The molecule has 0 bridgehead atoms. The molecular weight excluding hydrogens is 326 g/mol. The zero-order chi connectivity index (χ0) is 18.5. The van der Waals surface area contributed by atoms with Crippen LogP contribution in [0.15, 0.2) is 18.2 Å². The van der Waals surface area contributed by atoms with Crippen molar-refractivity contribution in [3.05, 3.63) is 28.8 Å².